The van der Waals surface area contributed by atoms with Crippen LogP contribution in [0.3, 0.4) is 0 Å². The third-order valence-corrected chi connectivity index (χ3v) is 5.74. The van der Waals surface area contributed by atoms with Gasteiger partial charge >= 0.3 is 0 Å². The lowest BCUT2D eigenvalue weighted by Crippen LogP contribution is -2.46. The number of likely N-dealkylation sites (N-methyl/N-ethyl adjacent to an activating group) is 1. The van der Waals surface area contributed by atoms with Crippen molar-refractivity contribution in [3.8, 4) is 0 Å². The van der Waals surface area contributed by atoms with E-state index in [4.69, 9.17) is 23.2 Å². The number of hydrogen-bond acceptors (Lipinski definition) is 1. The van der Waals surface area contributed by atoms with E-state index in [1.54, 1.807) is 0 Å². The molecule has 2 unspecified atom stereocenters. The van der Waals surface area contributed by atoms with Crippen LogP contribution in [0.25, 0.3) is 0 Å². The molecule has 118 valence electrons. The van der Waals surface area contributed by atoms with E-state index in [-0.39, 0.29) is 0 Å². The average Bonchev–Trinajstić information content (AvgIpc) is 2.42. The number of rotatable bonds is 5. The van der Waals surface area contributed by atoms with E-state index in [1.165, 1.54) is 25.7 Å². The fraction of sp³-hybridized carbons (Fsp3) is 0.667. The van der Waals surface area contributed by atoms with Crippen LogP contribution in [-0.2, 0) is 6.42 Å². The summed E-state index contributed by atoms with van der Waals surface area (Å²) in [6.45, 7) is 7.99. The Morgan fingerprint density at radius 1 is 1.24 bits per heavy atom. The first-order valence-corrected chi connectivity index (χ1v) is 8.87. The van der Waals surface area contributed by atoms with Gasteiger partial charge in [-0.3, -0.25) is 0 Å². The van der Waals surface area contributed by atoms with E-state index >= 15 is 0 Å². The van der Waals surface area contributed by atoms with Crippen molar-refractivity contribution in [1.82, 2.24) is 5.32 Å². The Hall–Kier alpha value is -0.240. The van der Waals surface area contributed by atoms with Crippen LogP contribution in [-0.4, -0.2) is 12.6 Å². The minimum atomic E-state index is 0.388. The quantitative estimate of drug-likeness (QED) is 0.728. The molecule has 1 aliphatic carbocycles. The topological polar surface area (TPSA) is 12.0 Å². The minimum absolute atomic E-state index is 0.388. The summed E-state index contributed by atoms with van der Waals surface area (Å²) < 4.78 is 0. The molecular formula is C18H27Cl2N. The van der Waals surface area contributed by atoms with Gasteiger partial charge < -0.3 is 5.32 Å². The van der Waals surface area contributed by atoms with Gasteiger partial charge in [-0.05, 0) is 54.8 Å². The Morgan fingerprint density at radius 3 is 2.48 bits per heavy atom. The Kier molecular flexibility index (Phi) is 5.99. The van der Waals surface area contributed by atoms with E-state index in [0.717, 1.165) is 28.6 Å². The van der Waals surface area contributed by atoms with Crippen LogP contribution in [0.1, 0.15) is 52.0 Å². The summed E-state index contributed by atoms with van der Waals surface area (Å²) in [7, 11) is 0. The second-order valence-electron chi connectivity index (χ2n) is 6.91. The molecule has 0 amide bonds. The van der Waals surface area contributed by atoms with E-state index in [2.05, 4.69) is 26.1 Å². The van der Waals surface area contributed by atoms with Gasteiger partial charge in [-0.1, -0.05) is 62.9 Å². The summed E-state index contributed by atoms with van der Waals surface area (Å²) in [6.07, 6.45) is 6.23. The molecule has 0 saturated heterocycles. The van der Waals surface area contributed by atoms with Gasteiger partial charge in [0.25, 0.3) is 0 Å². The Labute approximate surface area is 139 Å². The average molecular weight is 328 g/mol. The molecule has 3 heteroatoms. The molecule has 0 spiro atoms. The normalized spacial score (nSPS) is 23.0. The summed E-state index contributed by atoms with van der Waals surface area (Å²) in [5.41, 5.74) is 1.48. The van der Waals surface area contributed by atoms with Gasteiger partial charge in [0.05, 0.1) is 0 Å². The first kappa shape index (κ1) is 17.1. The molecule has 21 heavy (non-hydrogen) atoms. The molecular weight excluding hydrogens is 301 g/mol. The predicted octanol–water partition coefficient (Wildman–Crippen LogP) is 5.73. The highest BCUT2D eigenvalue weighted by molar-refractivity contribution is 6.36. The minimum Gasteiger partial charge on any atom is -0.314 e. The molecule has 0 radical (unpaired) electrons. The zero-order chi connectivity index (χ0) is 15.5. The maximum absolute atomic E-state index is 6.37. The fourth-order valence-electron chi connectivity index (χ4n) is 3.83. The Balaban J connectivity index is 2.23. The van der Waals surface area contributed by atoms with Crippen molar-refractivity contribution in [1.29, 1.82) is 0 Å². The monoisotopic (exact) mass is 327 g/mol. The van der Waals surface area contributed by atoms with Crippen LogP contribution in [0.5, 0.6) is 0 Å². The number of hydrogen-bond donors (Lipinski definition) is 1. The van der Waals surface area contributed by atoms with Crippen molar-refractivity contribution in [3.63, 3.8) is 0 Å². The summed E-state index contributed by atoms with van der Waals surface area (Å²) in [5.74, 6) is 0.679. The van der Waals surface area contributed by atoms with Gasteiger partial charge in [0.1, 0.15) is 0 Å². The lowest BCUT2D eigenvalue weighted by molar-refractivity contribution is 0.0988. The smallest absolute Gasteiger partial charge is 0.0453 e. The molecule has 1 saturated carbocycles. The molecule has 2 atom stereocenters. The number of nitrogens with one attached hydrogen (secondary N) is 1. The lowest BCUT2D eigenvalue weighted by Gasteiger charge is -2.44. The molecule has 0 heterocycles. The summed E-state index contributed by atoms with van der Waals surface area (Å²) in [5, 5.41) is 5.28. The van der Waals surface area contributed by atoms with Gasteiger partial charge in [-0.25, -0.2) is 0 Å². The van der Waals surface area contributed by atoms with Crippen molar-refractivity contribution < 1.29 is 0 Å². The maximum atomic E-state index is 6.37. The predicted molar refractivity (Wildman–Crippen MR) is 93.4 cm³/mol. The second-order valence-corrected chi connectivity index (χ2v) is 7.72. The fourth-order valence-corrected chi connectivity index (χ4v) is 4.38. The van der Waals surface area contributed by atoms with Crippen LogP contribution in [0.2, 0.25) is 10.0 Å². The molecule has 1 nitrogen and oxygen atoms in total. The van der Waals surface area contributed by atoms with Crippen LogP contribution < -0.4 is 5.32 Å². The van der Waals surface area contributed by atoms with E-state index < -0.39 is 0 Å². The van der Waals surface area contributed by atoms with E-state index in [0.29, 0.717) is 17.4 Å². The van der Waals surface area contributed by atoms with Gasteiger partial charge in [-0.2, -0.15) is 0 Å². The summed E-state index contributed by atoms with van der Waals surface area (Å²) >= 11 is 12.7. The van der Waals surface area contributed by atoms with Gasteiger partial charge in [0.2, 0.25) is 0 Å². The second kappa shape index (κ2) is 7.35. The van der Waals surface area contributed by atoms with Crippen LogP contribution >= 0.6 is 23.2 Å². The molecule has 1 aromatic carbocycles. The standard InChI is InChI=1S/C18H27Cl2N/c1-4-21-17(14-8-5-6-11-18(14,2)3)12-13-15(19)9-7-10-16(13)20/h7,9-10,14,17,21H,4-6,8,11-12H2,1-3H3. The maximum Gasteiger partial charge on any atom is 0.0453 e. The molecule has 0 bridgehead atoms. The summed E-state index contributed by atoms with van der Waals surface area (Å²) in [4.78, 5) is 0. The van der Waals surface area contributed by atoms with Gasteiger partial charge in [-0.15, -0.1) is 0 Å². The van der Waals surface area contributed by atoms with Crippen LogP contribution in [0.15, 0.2) is 18.2 Å². The first-order valence-electron chi connectivity index (χ1n) is 8.12. The Bertz CT molecular complexity index is 450. The third-order valence-electron chi connectivity index (χ3n) is 5.03. The molecule has 1 aliphatic rings. The lowest BCUT2D eigenvalue weighted by atomic mass is 9.65. The van der Waals surface area contributed by atoms with Gasteiger partial charge in [0, 0.05) is 16.1 Å². The highest BCUT2D eigenvalue weighted by Crippen LogP contribution is 2.43. The van der Waals surface area contributed by atoms with Crippen LogP contribution in [0, 0.1) is 11.3 Å². The molecule has 1 fully saturated rings. The van der Waals surface area contributed by atoms with Crippen molar-refractivity contribution in [2.45, 2.75) is 58.9 Å². The van der Waals surface area contributed by atoms with Crippen molar-refractivity contribution in [2.24, 2.45) is 11.3 Å². The van der Waals surface area contributed by atoms with Crippen LogP contribution in [0.4, 0.5) is 0 Å². The molecule has 1 aromatic rings. The summed E-state index contributed by atoms with van der Waals surface area (Å²) in [6, 6.07) is 6.25. The van der Waals surface area contributed by atoms with Crippen molar-refractivity contribution in [2.75, 3.05) is 6.54 Å². The third kappa shape index (κ3) is 4.15. The zero-order valence-electron chi connectivity index (χ0n) is 13.4. The molecule has 0 aromatic heterocycles. The van der Waals surface area contributed by atoms with E-state index in [1.807, 2.05) is 18.2 Å². The van der Waals surface area contributed by atoms with E-state index in [9.17, 15) is 0 Å². The zero-order valence-corrected chi connectivity index (χ0v) is 14.9. The highest BCUT2D eigenvalue weighted by atomic mass is 35.5. The molecule has 2 rings (SSSR count). The first-order chi connectivity index (χ1) is 9.95. The molecule has 1 N–H and O–H groups in total. The van der Waals surface area contributed by atoms with Crippen molar-refractivity contribution in [3.05, 3.63) is 33.8 Å². The molecule has 0 aliphatic heterocycles. The number of halogens is 2. The Morgan fingerprint density at radius 2 is 1.90 bits per heavy atom. The highest BCUT2D eigenvalue weighted by Gasteiger charge is 2.37. The largest absolute Gasteiger partial charge is 0.314 e. The SMILES string of the molecule is CCNC(Cc1c(Cl)cccc1Cl)C1CCCCC1(C)C. The van der Waals surface area contributed by atoms with Crippen molar-refractivity contribution >= 4 is 23.2 Å². The number of benzene rings is 1. The van der Waals surface area contributed by atoms with Gasteiger partial charge in [0.15, 0.2) is 0 Å².